The van der Waals surface area contributed by atoms with Gasteiger partial charge in [0.2, 0.25) is 10.0 Å². The molecule has 3 heterocycles. The van der Waals surface area contributed by atoms with Gasteiger partial charge in [-0.1, -0.05) is 17.3 Å². The molecule has 1 atom stereocenters. The van der Waals surface area contributed by atoms with Crippen LogP contribution in [0.4, 0.5) is 5.82 Å². The van der Waals surface area contributed by atoms with E-state index < -0.39 is 27.9 Å². The van der Waals surface area contributed by atoms with Crippen LogP contribution in [0.25, 0.3) is 10.9 Å². The highest BCUT2D eigenvalue weighted by atomic mass is 32.2. The highest BCUT2D eigenvalue weighted by Crippen LogP contribution is 2.19. The zero-order valence-corrected chi connectivity index (χ0v) is 21.5. The molecule has 0 fully saturated rings. The van der Waals surface area contributed by atoms with Crippen LogP contribution in [0.2, 0.25) is 0 Å². The second kappa shape index (κ2) is 11.8. The van der Waals surface area contributed by atoms with E-state index in [0.717, 1.165) is 5.39 Å². The molecule has 3 aromatic heterocycles. The number of carbonyl (C=O) groups excluding carboxylic acids is 2. The molecule has 0 saturated carbocycles. The predicted octanol–water partition coefficient (Wildman–Crippen LogP) is 1.69. The summed E-state index contributed by atoms with van der Waals surface area (Å²) in [6, 6.07) is 8.96. The van der Waals surface area contributed by atoms with E-state index in [1.807, 2.05) is 6.07 Å². The zero-order valence-electron chi connectivity index (χ0n) is 20.7. The SMILES string of the molecule is Cc1noc(C)c1S(=O)(=O)NC(CNC(=O)c1ccc2cn[nH]c2c1)C(=O)OCCCNc1ccccn1. The summed E-state index contributed by atoms with van der Waals surface area (Å²) in [5, 5.41) is 16.9. The molecule has 0 saturated heterocycles. The second-order valence-electron chi connectivity index (χ2n) is 8.37. The number of fused-ring (bicyclic) bond motifs is 1. The van der Waals surface area contributed by atoms with E-state index >= 15 is 0 Å². The number of esters is 1. The van der Waals surface area contributed by atoms with Gasteiger partial charge in [-0.2, -0.15) is 9.82 Å². The van der Waals surface area contributed by atoms with Gasteiger partial charge in [-0.25, -0.2) is 13.4 Å². The van der Waals surface area contributed by atoms with Crippen LogP contribution >= 0.6 is 0 Å². The summed E-state index contributed by atoms with van der Waals surface area (Å²) in [5.74, 6) is -0.600. The van der Waals surface area contributed by atoms with E-state index in [1.165, 1.54) is 13.8 Å². The zero-order chi connectivity index (χ0) is 27.1. The molecule has 14 heteroatoms. The maximum atomic E-state index is 13.1. The minimum absolute atomic E-state index is 0.0205. The van der Waals surface area contributed by atoms with Crippen molar-refractivity contribution < 1.29 is 27.3 Å². The lowest BCUT2D eigenvalue weighted by atomic mass is 10.1. The Balaban J connectivity index is 1.41. The number of aromatic nitrogens is 4. The lowest BCUT2D eigenvalue weighted by Gasteiger charge is -2.18. The number of pyridine rings is 1. The van der Waals surface area contributed by atoms with Gasteiger partial charge in [0.05, 0.1) is 18.3 Å². The molecular weight excluding hydrogens is 514 g/mol. The van der Waals surface area contributed by atoms with Crippen LogP contribution in [0.1, 0.15) is 28.2 Å². The van der Waals surface area contributed by atoms with E-state index in [-0.39, 0.29) is 29.5 Å². The maximum Gasteiger partial charge on any atom is 0.326 e. The number of rotatable bonds is 12. The highest BCUT2D eigenvalue weighted by Gasteiger charge is 2.31. The molecule has 0 spiro atoms. The summed E-state index contributed by atoms with van der Waals surface area (Å²) in [6.07, 6.45) is 3.72. The van der Waals surface area contributed by atoms with Crippen LogP contribution in [0.3, 0.4) is 0 Å². The second-order valence-corrected chi connectivity index (χ2v) is 10.0. The summed E-state index contributed by atoms with van der Waals surface area (Å²) >= 11 is 0. The molecule has 4 N–H and O–H groups in total. The molecule has 200 valence electrons. The van der Waals surface area contributed by atoms with Crippen LogP contribution < -0.4 is 15.4 Å². The fraction of sp³-hybridized carbons (Fsp3) is 0.292. The van der Waals surface area contributed by atoms with Gasteiger partial charge in [0.15, 0.2) is 5.76 Å². The van der Waals surface area contributed by atoms with Crippen LogP contribution in [0.15, 0.2) is 58.2 Å². The lowest BCUT2D eigenvalue weighted by Crippen LogP contribution is -2.49. The van der Waals surface area contributed by atoms with E-state index in [0.29, 0.717) is 29.9 Å². The number of H-pyrrole nitrogens is 1. The number of anilines is 1. The minimum Gasteiger partial charge on any atom is -0.464 e. The van der Waals surface area contributed by atoms with Crippen LogP contribution in [-0.2, 0) is 19.6 Å². The van der Waals surface area contributed by atoms with Gasteiger partial charge in [-0.05, 0) is 44.5 Å². The Morgan fingerprint density at radius 1 is 1.18 bits per heavy atom. The van der Waals surface area contributed by atoms with Crippen LogP contribution in [-0.4, -0.2) is 66.4 Å². The Kier molecular flexibility index (Phi) is 8.33. The maximum absolute atomic E-state index is 13.1. The molecule has 0 aliphatic rings. The third kappa shape index (κ3) is 6.52. The monoisotopic (exact) mass is 541 g/mol. The minimum atomic E-state index is -4.22. The van der Waals surface area contributed by atoms with Crippen molar-refractivity contribution in [3.05, 3.63) is 65.8 Å². The Morgan fingerprint density at radius 2 is 2.03 bits per heavy atom. The number of hydrogen-bond acceptors (Lipinski definition) is 10. The molecule has 1 unspecified atom stereocenters. The van der Waals surface area contributed by atoms with Gasteiger partial charge in [0, 0.05) is 30.2 Å². The van der Waals surface area contributed by atoms with Gasteiger partial charge in [0.1, 0.15) is 22.4 Å². The fourth-order valence-corrected chi connectivity index (χ4v) is 5.20. The van der Waals surface area contributed by atoms with Crippen molar-refractivity contribution in [2.75, 3.05) is 25.0 Å². The first-order valence-corrected chi connectivity index (χ1v) is 13.2. The quantitative estimate of drug-likeness (QED) is 0.152. The topological polar surface area (TPSA) is 181 Å². The van der Waals surface area contributed by atoms with E-state index in [9.17, 15) is 18.0 Å². The van der Waals surface area contributed by atoms with Crippen molar-refractivity contribution >= 4 is 38.6 Å². The molecule has 13 nitrogen and oxygen atoms in total. The molecule has 1 amide bonds. The first-order valence-electron chi connectivity index (χ1n) is 11.7. The number of ether oxygens (including phenoxy) is 1. The normalized spacial score (nSPS) is 12.3. The Bertz CT molecular complexity index is 1500. The third-order valence-electron chi connectivity index (χ3n) is 5.53. The summed E-state index contributed by atoms with van der Waals surface area (Å²) < 4.78 is 38.7. The van der Waals surface area contributed by atoms with Gasteiger partial charge in [-0.3, -0.25) is 14.7 Å². The molecule has 0 aliphatic carbocycles. The van der Waals surface area contributed by atoms with Gasteiger partial charge >= 0.3 is 5.97 Å². The third-order valence-corrected chi connectivity index (χ3v) is 7.24. The van der Waals surface area contributed by atoms with Crippen molar-refractivity contribution in [1.29, 1.82) is 0 Å². The standard InChI is InChI=1S/C24H27N7O6S/c1-15-22(16(2)37-30-15)38(34,35)31-20(24(33)36-11-5-10-26-21-6-3-4-9-25-21)14-27-23(32)17-7-8-18-13-28-29-19(18)12-17/h3-4,6-9,12-13,20,31H,5,10-11,14H2,1-2H3,(H,25,26)(H,27,32)(H,28,29). The van der Waals surface area contributed by atoms with E-state index in [2.05, 4.69) is 35.7 Å². The first kappa shape index (κ1) is 26.8. The number of amides is 1. The average molecular weight is 542 g/mol. The van der Waals surface area contributed by atoms with Gasteiger partial charge in [-0.15, -0.1) is 0 Å². The molecule has 4 aromatic rings. The fourth-order valence-electron chi connectivity index (χ4n) is 3.68. The number of nitrogens with zero attached hydrogens (tertiary/aromatic N) is 3. The lowest BCUT2D eigenvalue weighted by molar-refractivity contribution is -0.145. The highest BCUT2D eigenvalue weighted by molar-refractivity contribution is 7.89. The molecule has 1 aromatic carbocycles. The molecule has 0 aliphatic heterocycles. The molecule has 38 heavy (non-hydrogen) atoms. The van der Waals surface area contributed by atoms with Gasteiger partial charge in [0.25, 0.3) is 5.91 Å². The Hall–Kier alpha value is -4.30. The summed E-state index contributed by atoms with van der Waals surface area (Å²) in [4.78, 5) is 29.6. The summed E-state index contributed by atoms with van der Waals surface area (Å²) in [5.41, 5.74) is 1.11. The van der Waals surface area contributed by atoms with Crippen molar-refractivity contribution in [2.45, 2.75) is 31.2 Å². The molecule has 0 bridgehead atoms. The predicted molar refractivity (Wildman–Crippen MR) is 137 cm³/mol. The van der Waals surface area contributed by atoms with Crippen molar-refractivity contribution in [3.8, 4) is 0 Å². The van der Waals surface area contributed by atoms with Crippen LogP contribution in [0, 0.1) is 13.8 Å². The number of nitrogens with one attached hydrogen (secondary N) is 4. The van der Waals surface area contributed by atoms with Crippen molar-refractivity contribution in [3.63, 3.8) is 0 Å². The number of aryl methyl sites for hydroxylation is 2. The summed E-state index contributed by atoms with van der Waals surface area (Å²) in [6.45, 7) is 3.07. The van der Waals surface area contributed by atoms with E-state index in [4.69, 9.17) is 9.26 Å². The number of benzene rings is 1. The number of carbonyl (C=O) groups is 2. The smallest absolute Gasteiger partial charge is 0.326 e. The molecular formula is C24H27N7O6S. The molecule has 4 rings (SSSR count). The van der Waals surface area contributed by atoms with Crippen molar-refractivity contribution in [1.82, 2.24) is 30.4 Å². The Labute approximate surface area is 218 Å². The number of sulfonamides is 1. The average Bonchev–Trinajstić information content (AvgIpc) is 3.51. The Morgan fingerprint density at radius 3 is 2.76 bits per heavy atom. The van der Waals surface area contributed by atoms with Crippen molar-refractivity contribution in [2.24, 2.45) is 0 Å². The first-order chi connectivity index (χ1) is 18.2. The number of aromatic amines is 1. The summed E-state index contributed by atoms with van der Waals surface area (Å²) in [7, 11) is -4.22. The largest absolute Gasteiger partial charge is 0.464 e. The van der Waals surface area contributed by atoms with E-state index in [1.54, 1.807) is 42.7 Å². The van der Waals surface area contributed by atoms with Crippen LogP contribution in [0.5, 0.6) is 0 Å². The molecule has 0 radical (unpaired) electrons. The number of hydrogen-bond donors (Lipinski definition) is 4. The van der Waals surface area contributed by atoms with Gasteiger partial charge < -0.3 is 19.9 Å².